The van der Waals surface area contributed by atoms with Gasteiger partial charge in [-0.05, 0) is 82.1 Å². The maximum atomic E-state index is 3.85. The Hall–Kier alpha value is -3.92. The summed E-state index contributed by atoms with van der Waals surface area (Å²) in [5, 5.41) is 0. The molecule has 4 heteroatoms. The van der Waals surface area contributed by atoms with Crippen molar-refractivity contribution in [2.45, 2.75) is 12.6 Å². The molecule has 2 aromatic rings. The summed E-state index contributed by atoms with van der Waals surface area (Å²) >= 11 is 0. The molecule has 4 nitrogen and oxygen atoms in total. The van der Waals surface area contributed by atoms with Crippen LogP contribution in [0.15, 0.2) is 98.3 Å². The number of allylic oxidation sites excluding steroid dienone is 4. The highest BCUT2D eigenvalue weighted by atomic mass is 15.4. The number of hydrogen-bond acceptors (Lipinski definition) is 4. The summed E-state index contributed by atoms with van der Waals surface area (Å²) in [7, 11) is 4.30. The van der Waals surface area contributed by atoms with E-state index in [1.165, 1.54) is 44.8 Å². The molecular formula is C29H28N4. The highest BCUT2D eigenvalue weighted by Crippen LogP contribution is 2.40. The van der Waals surface area contributed by atoms with Crippen molar-refractivity contribution in [3.8, 4) is 0 Å². The van der Waals surface area contributed by atoms with Crippen LogP contribution in [-0.2, 0) is 6.42 Å². The lowest BCUT2D eigenvalue weighted by Gasteiger charge is -2.32. The molecule has 4 heterocycles. The summed E-state index contributed by atoms with van der Waals surface area (Å²) < 4.78 is 0. The van der Waals surface area contributed by atoms with Gasteiger partial charge in [-0.25, -0.2) is 0 Å². The smallest absolute Gasteiger partial charge is 0.125 e. The average Bonchev–Trinajstić information content (AvgIpc) is 3.23. The van der Waals surface area contributed by atoms with Crippen LogP contribution in [0.4, 0.5) is 11.4 Å². The van der Waals surface area contributed by atoms with Gasteiger partial charge in [-0.1, -0.05) is 24.8 Å². The monoisotopic (exact) mass is 432 g/mol. The van der Waals surface area contributed by atoms with E-state index in [4.69, 9.17) is 0 Å². The molecular weight excluding hydrogens is 404 g/mol. The fraction of sp³-hybridized carbons (Fsp3) is 0.172. The minimum Gasteiger partial charge on any atom is -0.356 e. The second-order valence-corrected chi connectivity index (χ2v) is 9.04. The van der Waals surface area contributed by atoms with Gasteiger partial charge in [0, 0.05) is 63.2 Å². The van der Waals surface area contributed by atoms with Gasteiger partial charge in [-0.2, -0.15) is 0 Å². The van der Waals surface area contributed by atoms with Gasteiger partial charge in [0.05, 0.1) is 0 Å². The van der Waals surface area contributed by atoms with Crippen molar-refractivity contribution >= 4 is 22.5 Å². The molecule has 0 saturated heterocycles. The first-order valence-corrected chi connectivity index (χ1v) is 11.5. The molecule has 0 radical (unpaired) electrons. The van der Waals surface area contributed by atoms with E-state index >= 15 is 0 Å². The molecule has 0 aliphatic carbocycles. The minimum atomic E-state index is 0.265. The Morgan fingerprint density at radius 1 is 0.848 bits per heavy atom. The van der Waals surface area contributed by atoms with Crippen molar-refractivity contribution in [2.24, 2.45) is 0 Å². The van der Waals surface area contributed by atoms with E-state index in [9.17, 15) is 0 Å². The zero-order chi connectivity index (χ0) is 22.5. The minimum absolute atomic E-state index is 0.265. The lowest BCUT2D eigenvalue weighted by atomic mass is 9.90. The summed E-state index contributed by atoms with van der Waals surface area (Å²) in [5.74, 6) is 0. The van der Waals surface area contributed by atoms with Gasteiger partial charge in [0.15, 0.2) is 0 Å². The van der Waals surface area contributed by atoms with E-state index in [0.717, 1.165) is 13.0 Å². The Balaban J connectivity index is 1.31. The maximum Gasteiger partial charge on any atom is 0.125 e. The summed E-state index contributed by atoms with van der Waals surface area (Å²) in [6, 6.07) is 13.8. The maximum absolute atomic E-state index is 3.85. The molecule has 1 atom stereocenters. The first-order chi connectivity index (χ1) is 16.1. The van der Waals surface area contributed by atoms with Gasteiger partial charge in [-0.15, -0.1) is 0 Å². The van der Waals surface area contributed by atoms with E-state index in [1.54, 1.807) is 0 Å². The lowest BCUT2D eigenvalue weighted by molar-refractivity contribution is 0.277. The summed E-state index contributed by atoms with van der Waals surface area (Å²) in [6.07, 6.45) is 20.6. The van der Waals surface area contributed by atoms with E-state index in [-0.39, 0.29) is 6.17 Å². The number of hydrogen-bond donors (Lipinski definition) is 0. The molecule has 33 heavy (non-hydrogen) atoms. The van der Waals surface area contributed by atoms with Crippen molar-refractivity contribution in [1.29, 1.82) is 0 Å². The van der Waals surface area contributed by atoms with Crippen molar-refractivity contribution < 1.29 is 0 Å². The molecule has 4 aliphatic rings. The van der Waals surface area contributed by atoms with Crippen molar-refractivity contribution in [1.82, 2.24) is 14.7 Å². The van der Waals surface area contributed by atoms with Gasteiger partial charge in [0.25, 0.3) is 0 Å². The van der Waals surface area contributed by atoms with Crippen LogP contribution in [0.25, 0.3) is 11.1 Å². The molecule has 0 N–H and O–H groups in total. The molecule has 0 saturated carbocycles. The normalized spacial score (nSPS) is 20.4. The van der Waals surface area contributed by atoms with Crippen LogP contribution in [0.5, 0.6) is 0 Å². The molecule has 6 rings (SSSR count). The van der Waals surface area contributed by atoms with Crippen LogP contribution in [0.2, 0.25) is 0 Å². The SMILES string of the molecule is C=CN1C=CC(c2ccc3c(c2)Cc2cc(C4=CC5N(C)C=CN5C=C4)ccc2N3C)=CC1. The number of anilines is 2. The number of rotatable bonds is 3. The molecule has 164 valence electrons. The fourth-order valence-corrected chi connectivity index (χ4v) is 5.15. The second-order valence-electron chi connectivity index (χ2n) is 9.04. The van der Waals surface area contributed by atoms with E-state index in [0.29, 0.717) is 0 Å². The summed E-state index contributed by atoms with van der Waals surface area (Å²) in [4.78, 5) is 8.88. The third kappa shape index (κ3) is 3.30. The summed E-state index contributed by atoms with van der Waals surface area (Å²) in [5.41, 5.74) is 10.4. The summed E-state index contributed by atoms with van der Waals surface area (Å²) in [6.45, 7) is 4.72. The predicted octanol–water partition coefficient (Wildman–Crippen LogP) is 5.67. The number of nitrogens with zero attached hydrogens (tertiary/aromatic N) is 4. The van der Waals surface area contributed by atoms with Crippen LogP contribution < -0.4 is 4.90 Å². The molecule has 0 bridgehead atoms. The van der Waals surface area contributed by atoms with Crippen LogP contribution in [0, 0.1) is 0 Å². The second kappa shape index (κ2) is 7.59. The Bertz CT molecular complexity index is 1290. The molecule has 0 amide bonds. The quantitative estimate of drug-likeness (QED) is 0.619. The van der Waals surface area contributed by atoms with Crippen molar-refractivity contribution in [3.05, 3.63) is 121 Å². The molecule has 0 aromatic heterocycles. The van der Waals surface area contributed by atoms with Gasteiger partial charge in [0.1, 0.15) is 6.17 Å². The molecule has 0 spiro atoms. The zero-order valence-corrected chi connectivity index (χ0v) is 19.1. The van der Waals surface area contributed by atoms with Crippen LogP contribution in [0.1, 0.15) is 22.3 Å². The Morgan fingerprint density at radius 2 is 1.55 bits per heavy atom. The molecule has 2 aromatic carbocycles. The molecule has 0 fully saturated rings. The first kappa shape index (κ1) is 19.7. The Morgan fingerprint density at radius 3 is 2.21 bits per heavy atom. The van der Waals surface area contributed by atoms with Crippen LogP contribution in [-0.4, -0.2) is 41.5 Å². The van der Waals surface area contributed by atoms with Gasteiger partial charge in [0.2, 0.25) is 0 Å². The molecule has 4 aliphatic heterocycles. The highest BCUT2D eigenvalue weighted by molar-refractivity contribution is 5.83. The number of fused-ring (bicyclic) bond motifs is 3. The van der Waals surface area contributed by atoms with Gasteiger partial charge < -0.3 is 19.6 Å². The largest absolute Gasteiger partial charge is 0.356 e. The predicted molar refractivity (Wildman–Crippen MR) is 137 cm³/mol. The third-order valence-corrected chi connectivity index (χ3v) is 7.08. The topological polar surface area (TPSA) is 13.0 Å². The number of likely N-dealkylation sites (N-methyl/N-ethyl adjacent to an activating group) is 1. The van der Waals surface area contributed by atoms with E-state index in [1.807, 2.05) is 6.20 Å². The lowest BCUT2D eigenvalue weighted by Crippen LogP contribution is -2.33. The molecule has 1 unspecified atom stereocenters. The number of benzene rings is 2. The zero-order valence-electron chi connectivity index (χ0n) is 19.1. The Kier molecular flexibility index (Phi) is 4.54. The van der Waals surface area contributed by atoms with Crippen LogP contribution in [0.3, 0.4) is 0 Å². The fourth-order valence-electron chi connectivity index (χ4n) is 5.15. The first-order valence-electron chi connectivity index (χ1n) is 11.5. The average molecular weight is 433 g/mol. The van der Waals surface area contributed by atoms with Crippen LogP contribution >= 0.6 is 0 Å². The van der Waals surface area contributed by atoms with Crippen molar-refractivity contribution in [2.75, 3.05) is 25.5 Å². The van der Waals surface area contributed by atoms with E-state index in [2.05, 4.69) is 126 Å². The Labute approximate surface area is 196 Å². The van der Waals surface area contributed by atoms with Gasteiger partial charge in [-0.3, -0.25) is 0 Å². The third-order valence-electron chi connectivity index (χ3n) is 7.08. The van der Waals surface area contributed by atoms with Crippen molar-refractivity contribution in [3.63, 3.8) is 0 Å². The standard InChI is InChI=1S/C29H28N4/c1-4-32-12-9-21(10-13-32)22-5-7-27-25(17-22)19-26-18-23(6-8-28(26)31(27)3)24-11-14-33-16-15-30(2)29(33)20-24/h4-12,14-18,20,29H,1,13,19H2,2-3H3. The van der Waals surface area contributed by atoms with Gasteiger partial charge >= 0.3 is 0 Å². The van der Waals surface area contributed by atoms with E-state index < -0.39 is 0 Å². The highest BCUT2D eigenvalue weighted by Gasteiger charge is 2.25.